The molecule has 0 spiro atoms. The van der Waals surface area contributed by atoms with E-state index in [9.17, 15) is 14.4 Å². The lowest BCUT2D eigenvalue weighted by Crippen LogP contribution is -2.50. The van der Waals surface area contributed by atoms with E-state index in [2.05, 4.69) is 26.1 Å². The number of benzene rings is 2. The minimum absolute atomic E-state index is 0.0723. The number of hydrogen-bond acceptors (Lipinski definition) is 9. The summed E-state index contributed by atoms with van der Waals surface area (Å²) in [4.78, 5) is 42.4. The van der Waals surface area contributed by atoms with Gasteiger partial charge >= 0.3 is 0 Å². The van der Waals surface area contributed by atoms with Crippen LogP contribution >= 0.6 is 0 Å². The van der Waals surface area contributed by atoms with Gasteiger partial charge in [0.1, 0.15) is 11.8 Å². The highest BCUT2D eigenvalue weighted by Crippen LogP contribution is 2.31. The number of para-hydroxylation sites is 1. The highest BCUT2D eigenvalue weighted by atomic mass is 16.5. The van der Waals surface area contributed by atoms with Gasteiger partial charge in [-0.05, 0) is 17.7 Å². The third-order valence-electron chi connectivity index (χ3n) is 7.63. The average molecular weight is 630 g/mol. The number of carbonyl (C=O) groups is 3. The Labute approximate surface area is 267 Å². The Morgan fingerprint density at radius 3 is 2.67 bits per heavy atom. The molecule has 3 amide bonds. The molecule has 1 aliphatic rings. The van der Waals surface area contributed by atoms with Gasteiger partial charge in [-0.1, -0.05) is 60.6 Å². The van der Waals surface area contributed by atoms with Crippen molar-refractivity contribution in [2.45, 2.75) is 51.6 Å². The van der Waals surface area contributed by atoms with Crippen molar-refractivity contribution in [1.29, 1.82) is 0 Å². The Balaban J connectivity index is 1.41. The zero-order valence-electron chi connectivity index (χ0n) is 26.3. The molecular formula is C33H39N7O6. The fourth-order valence-corrected chi connectivity index (χ4v) is 5.09. The number of fused-ring (bicyclic) bond motifs is 3. The van der Waals surface area contributed by atoms with Crippen molar-refractivity contribution >= 4 is 17.7 Å². The smallest absolute Gasteiger partial charge is 0.276 e. The number of aromatic nitrogens is 4. The molecule has 242 valence electrons. The molecule has 1 aliphatic heterocycles. The van der Waals surface area contributed by atoms with Crippen molar-refractivity contribution in [3.63, 3.8) is 0 Å². The second kappa shape index (κ2) is 15.2. The highest BCUT2D eigenvalue weighted by Gasteiger charge is 2.26. The molecule has 5 rings (SSSR count). The van der Waals surface area contributed by atoms with Gasteiger partial charge in [0.2, 0.25) is 5.91 Å². The zero-order valence-corrected chi connectivity index (χ0v) is 26.3. The van der Waals surface area contributed by atoms with Crippen molar-refractivity contribution in [1.82, 2.24) is 35.7 Å². The van der Waals surface area contributed by atoms with E-state index in [-0.39, 0.29) is 55.1 Å². The predicted octanol–water partition coefficient (Wildman–Crippen LogP) is 3.02. The quantitative estimate of drug-likeness (QED) is 0.339. The highest BCUT2D eigenvalue weighted by molar-refractivity contribution is 6.00. The molecule has 13 heteroatoms. The minimum atomic E-state index is -0.904. The number of rotatable bonds is 5. The third-order valence-corrected chi connectivity index (χ3v) is 7.63. The summed E-state index contributed by atoms with van der Waals surface area (Å²) < 4.78 is 18.7. The van der Waals surface area contributed by atoms with Gasteiger partial charge in [0.25, 0.3) is 11.8 Å². The van der Waals surface area contributed by atoms with Gasteiger partial charge in [0.05, 0.1) is 25.0 Å². The van der Waals surface area contributed by atoms with Crippen molar-refractivity contribution in [3.05, 3.63) is 89.1 Å². The molecule has 3 heterocycles. The van der Waals surface area contributed by atoms with E-state index in [1.54, 1.807) is 33.8 Å². The summed E-state index contributed by atoms with van der Waals surface area (Å²) in [5.41, 5.74) is 2.03. The van der Waals surface area contributed by atoms with Crippen molar-refractivity contribution in [3.8, 4) is 11.5 Å². The molecule has 2 bridgehead atoms. The van der Waals surface area contributed by atoms with Gasteiger partial charge in [0, 0.05) is 63.6 Å². The fraction of sp³-hybridized carbons (Fsp3) is 0.394. The van der Waals surface area contributed by atoms with Crippen LogP contribution in [-0.4, -0.2) is 82.2 Å². The first-order valence-corrected chi connectivity index (χ1v) is 15.4. The molecule has 46 heavy (non-hydrogen) atoms. The summed E-state index contributed by atoms with van der Waals surface area (Å²) in [5.74, 6) is 0.193. The summed E-state index contributed by atoms with van der Waals surface area (Å²) in [7, 11) is 1.51. The van der Waals surface area contributed by atoms with Crippen LogP contribution in [0.15, 0.2) is 65.3 Å². The Morgan fingerprint density at radius 1 is 1.09 bits per heavy atom. The largest absolute Gasteiger partial charge is 0.493 e. The van der Waals surface area contributed by atoms with Crippen molar-refractivity contribution in [2.75, 3.05) is 33.4 Å². The van der Waals surface area contributed by atoms with Crippen LogP contribution in [0.3, 0.4) is 0 Å². The molecule has 0 saturated heterocycles. The lowest BCUT2D eigenvalue weighted by Gasteiger charge is -2.23. The van der Waals surface area contributed by atoms with Gasteiger partial charge in [-0.25, -0.2) is 0 Å². The topological polar surface area (TPSA) is 154 Å². The monoisotopic (exact) mass is 629 g/mol. The van der Waals surface area contributed by atoms with Crippen LogP contribution in [0.25, 0.3) is 0 Å². The SMILES string of the molecule is COc1cccc2c1OCCCn1cc(nn1)CCN(C(=O)c1cc(C(C)C)on1)CCNC(=O)[C@H](Cc1ccccc1)NC2=O. The third kappa shape index (κ3) is 8.09. The van der Waals surface area contributed by atoms with E-state index in [1.165, 1.54) is 7.11 Å². The van der Waals surface area contributed by atoms with Crippen LogP contribution in [0.5, 0.6) is 11.5 Å². The Kier molecular flexibility index (Phi) is 10.6. The number of nitrogens with zero attached hydrogens (tertiary/aromatic N) is 5. The molecule has 2 N–H and O–H groups in total. The van der Waals surface area contributed by atoms with Gasteiger partial charge in [0.15, 0.2) is 17.2 Å². The first-order chi connectivity index (χ1) is 22.3. The molecular weight excluding hydrogens is 590 g/mol. The molecule has 0 radical (unpaired) electrons. The van der Waals surface area contributed by atoms with Crippen molar-refractivity contribution < 1.29 is 28.4 Å². The van der Waals surface area contributed by atoms with Crippen LogP contribution in [-0.2, 0) is 24.2 Å². The molecule has 0 unspecified atom stereocenters. The molecule has 0 fully saturated rings. The van der Waals surface area contributed by atoms with Crippen molar-refractivity contribution in [2.24, 2.45) is 0 Å². The number of aryl methyl sites for hydroxylation is 1. The van der Waals surface area contributed by atoms with Crippen LogP contribution in [0.2, 0.25) is 0 Å². The van der Waals surface area contributed by atoms with Crippen LogP contribution < -0.4 is 20.1 Å². The van der Waals surface area contributed by atoms with Crippen LogP contribution in [0, 0.1) is 0 Å². The molecule has 1 atom stereocenters. The number of methoxy groups -OCH3 is 1. The van der Waals surface area contributed by atoms with E-state index in [4.69, 9.17) is 14.0 Å². The normalized spacial score (nSPS) is 16.7. The summed E-state index contributed by atoms with van der Waals surface area (Å²) in [6.45, 7) is 5.38. The van der Waals surface area contributed by atoms with Gasteiger partial charge in [-0.2, -0.15) is 0 Å². The van der Waals surface area contributed by atoms with E-state index < -0.39 is 11.9 Å². The lowest BCUT2D eigenvalue weighted by atomic mass is 10.0. The first-order valence-electron chi connectivity index (χ1n) is 15.4. The maximum Gasteiger partial charge on any atom is 0.276 e. The first kappa shape index (κ1) is 32.2. The number of nitrogens with one attached hydrogen (secondary N) is 2. The predicted molar refractivity (Wildman–Crippen MR) is 168 cm³/mol. The molecule has 2 aromatic heterocycles. The van der Waals surface area contributed by atoms with E-state index in [0.29, 0.717) is 48.9 Å². The molecule has 0 aliphatic carbocycles. The standard InChI is InChI=1S/C33H39N7O6/c1-22(2)29-20-27(37-46-29)33(43)39-16-13-24-21-40(38-36-24)15-8-18-45-30-25(11-7-12-28(30)44-3)31(41)35-26(32(42)34-14-17-39)19-23-9-5-4-6-10-23/h4-7,9-12,20-22,26H,8,13-19H2,1-3H3,(H,34,42)(H,35,41)/t26-/m0/s1. The summed E-state index contributed by atoms with van der Waals surface area (Å²) in [6.07, 6.45) is 3.12. The Morgan fingerprint density at radius 2 is 1.91 bits per heavy atom. The second-order valence-electron chi connectivity index (χ2n) is 11.3. The molecule has 13 nitrogen and oxygen atoms in total. The second-order valence-corrected chi connectivity index (χ2v) is 11.3. The number of amides is 3. The Hall–Kier alpha value is -5.20. The fourth-order valence-electron chi connectivity index (χ4n) is 5.09. The maximum atomic E-state index is 13.7. The van der Waals surface area contributed by atoms with E-state index in [1.807, 2.05) is 50.4 Å². The van der Waals surface area contributed by atoms with Gasteiger partial charge < -0.3 is 29.5 Å². The molecule has 4 aromatic rings. The average Bonchev–Trinajstić information content (AvgIpc) is 3.74. The Bertz CT molecular complexity index is 1630. The summed E-state index contributed by atoms with van der Waals surface area (Å²) in [6, 6.07) is 15.2. The summed E-state index contributed by atoms with van der Waals surface area (Å²) in [5, 5.41) is 18.3. The van der Waals surface area contributed by atoms with E-state index in [0.717, 1.165) is 5.56 Å². The number of ether oxygens (including phenoxy) is 2. The maximum absolute atomic E-state index is 13.7. The van der Waals surface area contributed by atoms with E-state index >= 15 is 0 Å². The van der Waals surface area contributed by atoms with Crippen LogP contribution in [0.4, 0.5) is 0 Å². The number of hydrogen-bond donors (Lipinski definition) is 2. The summed E-state index contributed by atoms with van der Waals surface area (Å²) >= 11 is 0. The number of carbonyl (C=O) groups excluding carboxylic acids is 3. The minimum Gasteiger partial charge on any atom is -0.493 e. The van der Waals surface area contributed by atoms with Gasteiger partial charge in [-0.3, -0.25) is 19.1 Å². The molecule has 0 saturated carbocycles. The zero-order chi connectivity index (χ0) is 32.5. The molecule has 2 aromatic carbocycles. The van der Waals surface area contributed by atoms with Crippen LogP contribution in [0.1, 0.15) is 64.1 Å². The van der Waals surface area contributed by atoms with Gasteiger partial charge in [-0.15, -0.1) is 5.10 Å². The lowest BCUT2D eigenvalue weighted by molar-refractivity contribution is -0.123.